The van der Waals surface area contributed by atoms with E-state index in [0.717, 1.165) is 44.1 Å². The Kier molecular flexibility index (Phi) is 7.34. The molecule has 0 saturated heterocycles. The van der Waals surface area contributed by atoms with Crippen LogP contribution in [0.2, 0.25) is 0 Å². The predicted molar refractivity (Wildman–Crippen MR) is 160 cm³/mol. The molecule has 0 bridgehead atoms. The number of ether oxygens (including phenoxy) is 1. The number of carbonyl (C=O) groups is 1. The molecule has 0 aliphatic heterocycles. The van der Waals surface area contributed by atoms with Gasteiger partial charge in [-0.3, -0.25) is 0 Å². The maximum atomic E-state index is 12.8. The molecule has 0 aromatic rings. The van der Waals surface area contributed by atoms with E-state index < -0.39 is 35.1 Å². The van der Waals surface area contributed by atoms with Crippen LogP contribution in [0.25, 0.3) is 0 Å². The summed E-state index contributed by atoms with van der Waals surface area (Å²) < 4.78 is 5.83. The van der Waals surface area contributed by atoms with Crippen molar-refractivity contribution in [2.75, 3.05) is 6.61 Å². The summed E-state index contributed by atoms with van der Waals surface area (Å²) in [7, 11) is 0. The number of aliphatic hydroxyl groups excluding tert-OH is 4. The number of carbonyl (C=O) groups excluding carboxylic acids is 1. The summed E-state index contributed by atoms with van der Waals surface area (Å²) in [4.78, 5) is 12.8. The molecule has 0 aromatic heterocycles. The van der Waals surface area contributed by atoms with E-state index >= 15 is 0 Å². The third kappa shape index (κ3) is 3.98. The molecule has 6 nitrogen and oxygen atoms in total. The maximum absolute atomic E-state index is 12.8. The first kappa shape index (κ1) is 31.2. The van der Waals surface area contributed by atoms with E-state index in [1.54, 1.807) is 19.9 Å². The Morgan fingerprint density at radius 2 is 1.59 bits per heavy atom. The second kappa shape index (κ2) is 9.64. The molecule has 0 amide bonds. The van der Waals surface area contributed by atoms with Crippen LogP contribution < -0.4 is 0 Å². The van der Waals surface area contributed by atoms with Gasteiger partial charge in [0.25, 0.3) is 0 Å². The van der Waals surface area contributed by atoms with E-state index in [9.17, 15) is 25.2 Å². The van der Waals surface area contributed by atoms with Crippen molar-refractivity contribution in [3.05, 3.63) is 23.3 Å². The Hall–Kier alpha value is -1.21. The van der Waals surface area contributed by atoms with Crippen molar-refractivity contribution in [3.8, 4) is 0 Å². The van der Waals surface area contributed by atoms with Gasteiger partial charge < -0.3 is 25.2 Å². The van der Waals surface area contributed by atoms with Gasteiger partial charge in [-0.25, -0.2) is 4.79 Å². The topological polar surface area (TPSA) is 107 Å². The summed E-state index contributed by atoms with van der Waals surface area (Å²) in [5, 5.41) is 47.4. The Morgan fingerprint density at radius 3 is 2.22 bits per heavy atom. The van der Waals surface area contributed by atoms with Crippen molar-refractivity contribution in [1.29, 1.82) is 0 Å². The number of aliphatic hydroxyl groups is 4. The van der Waals surface area contributed by atoms with Crippen LogP contribution in [0.1, 0.15) is 107 Å². The summed E-state index contributed by atoms with van der Waals surface area (Å²) in [5.74, 6) is -0.00730. The number of fused-ring (bicyclic) bond motifs is 7. The largest absolute Gasteiger partial charge is 0.462 e. The molecule has 0 heterocycles. The molecular weight excluding hydrogens is 516 g/mol. The van der Waals surface area contributed by atoms with Crippen molar-refractivity contribution in [1.82, 2.24) is 0 Å². The van der Waals surface area contributed by atoms with Gasteiger partial charge in [-0.15, -0.1) is 0 Å². The van der Waals surface area contributed by atoms with Crippen LogP contribution in [0.4, 0.5) is 0 Å². The smallest absolute Gasteiger partial charge is 0.333 e. The van der Waals surface area contributed by atoms with Crippen LogP contribution in [-0.2, 0) is 9.53 Å². The maximum Gasteiger partial charge on any atom is 0.333 e. The van der Waals surface area contributed by atoms with Crippen LogP contribution in [0.3, 0.4) is 0 Å². The highest BCUT2D eigenvalue weighted by molar-refractivity contribution is 5.87. The van der Waals surface area contributed by atoms with Crippen LogP contribution in [0.5, 0.6) is 0 Å². The Morgan fingerprint density at radius 1 is 0.927 bits per heavy atom. The molecule has 0 radical (unpaired) electrons. The molecular formula is C35H56O6. The van der Waals surface area contributed by atoms with Gasteiger partial charge in [-0.2, -0.15) is 0 Å². The Labute approximate surface area is 247 Å². The zero-order chi connectivity index (χ0) is 30.6. The van der Waals surface area contributed by atoms with Gasteiger partial charge in [-0.05, 0) is 98.2 Å². The molecule has 4 saturated carbocycles. The van der Waals surface area contributed by atoms with E-state index in [0.29, 0.717) is 23.8 Å². The molecule has 41 heavy (non-hydrogen) atoms. The van der Waals surface area contributed by atoms with Crippen molar-refractivity contribution in [2.45, 2.75) is 132 Å². The molecule has 11 atom stereocenters. The SMILES string of the molecule is C/C=C(/C)C(=O)OC[C@@]12[C@H](O)[C@H](O)[C@]3(C)C(=CC[C@@H]4[C@@]5(C)CC[C@H](O)C(C)(C)[C@@H]5CC[C@]43C)[C@@H]1CC(C)(C)C[C@@H]2O. The van der Waals surface area contributed by atoms with Crippen molar-refractivity contribution < 1.29 is 30.0 Å². The first-order valence-electron chi connectivity index (χ1n) is 16.1. The molecule has 4 N–H and O–H groups in total. The average molecular weight is 573 g/mol. The summed E-state index contributed by atoms with van der Waals surface area (Å²) in [5.41, 5.74) is -0.881. The van der Waals surface area contributed by atoms with Crippen LogP contribution >= 0.6 is 0 Å². The van der Waals surface area contributed by atoms with Crippen LogP contribution in [-0.4, -0.2) is 57.4 Å². The molecule has 0 spiro atoms. The summed E-state index contributed by atoms with van der Waals surface area (Å²) >= 11 is 0. The lowest BCUT2D eigenvalue weighted by molar-refractivity contribution is -0.273. The summed E-state index contributed by atoms with van der Waals surface area (Å²) in [6, 6.07) is 0. The van der Waals surface area contributed by atoms with Crippen LogP contribution in [0, 0.1) is 50.2 Å². The Bertz CT molecular complexity index is 1140. The van der Waals surface area contributed by atoms with Gasteiger partial charge in [0.15, 0.2) is 0 Å². The molecule has 0 aromatic carbocycles. The predicted octanol–water partition coefficient (Wildman–Crippen LogP) is 5.57. The van der Waals surface area contributed by atoms with E-state index in [4.69, 9.17) is 4.74 Å². The lowest BCUT2D eigenvalue weighted by Gasteiger charge is -2.73. The fourth-order valence-electron chi connectivity index (χ4n) is 11.4. The quantitative estimate of drug-likeness (QED) is 0.200. The fourth-order valence-corrected chi connectivity index (χ4v) is 11.4. The lowest BCUT2D eigenvalue weighted by Crippen LogP contribution is -2.74. The molecule has 4 fully saturated rings. The minimum Gasteiger partial charge on any atom is -0.462 e. The molecule has 232 valence electrons. The number of hydrogen-bond acceptors (Lipinski definition) is 6. The first-order chi connectivity index (χ1) is 18.8. The normalized spacial score (nSPS) is 50.4. The van der Waals surface area contributed by atoms with Gasteiger partial charge in [0.1, 0.15) is 6.61 Å². The van der Waals surface area contributed by atoms with Crippen molar-refractivity contribution >= 4 is 5.97 Å². The second-order valence-corrected chi connectivity index (χ2v) is 16.7. The minimum absolute atomic E-state index is 0.00483. The monoisotopic (exact) mass is 572 g/mol. The van der Waals surface area contributed by atoms with Crippen molar-refractivity contribution in [3.63, 3.8) is 0 Å². The third-order valence-corrected chi connectivity index (χ3v) is 14.2. The summed E-state index contributed by atoms with van der Waals surface area (Å²) in [6.07, 6.45) is 6.18. The lowest BCUT2D eigenvalue weighted by atomic mass is 9.32. The second-order valence-electron chi connectivity index (χ2n) is 16.7. The zero-order valence-corrected chi connectivity index (χ0v) is 27.0. The highest BCUT2D eigenvalue weighted by Crippen LogP contribution is 2.75. The standard InChI is InChI=1S/C35H56O6/c1-10-20(2)29(40)41-19-35-22(17-30(3,4)18-26(35)37)21-11-12-24-32(7)15-14-25(36)31(5,6)23(32)13-16-33(24,8)34(21,9)27(38)28(35)39/h10-11,22-28,36-39H,12-19H2,1-9H3/b20-10-/t22-,23-,24+,25-,26-,27-,28+,32-,33+,34-,35+/m0/s1. The molecule has 5 aliphatic carbocycles. The van der Waals surface area contributed by atoms with Gasteiger partial charge in [0.2, 0.25) is 0 Å². The average Bonchev–Trinajstić information content (AvgIpc) is 2.88. The van der Waals surface area contributed by atoms with Gasteiger partial charge in [0.05, 0.1) is 29.8 Å². The number of rotatable bonds is 3. The highest BCUT2D eigenvalue weighted by atomic mass is 16.5. The van der Waals surface area contributed by atoms with E-state index in [2.05, 4.69) is 54.5 Å². The molecule has 5 rings (SSSR count). The van der Waals surface area contributed by atoms with Crippen molar-refractivity contribution in [2.24, 2.45) is 50.2 Å². The van der Waals surface area contributed by atoms with Gasteiger partial charge in [-0.1, -0.05) is 66.2 Å². The van der Waals surface area contributed by atoms with Crippen LogP contribution in [0.15, 0.2) is 23.3 Å². The molecule has 6 heteroatoms. The number of esters is 1. The van der Waals surface area contributed by atoms with Gasteiger partial charge >= 0.3 is 5.97 Å². The third-order valence-electron chi connectivity index (χ3n) is 14.2. The van der Waals surface area contributed by atoms with E-state index in [1.807, 2.05) is 0 Å². The highest BCUT2D eigenvalue weighted by Gasteiger charge is 2.74. The molecule has 0 unspecified atom stereocenters. The summed E-state index contributed by atoms with van der Waals surface area (Å²) in [6.45, 7) is 19.1. The van der Waals surface area contributed by atoms with E-state index in [-0.39, 0.29) is 40.3 Å². The molecule has 5 aliphatic rings. The van der Waals surface area contributed by atoms with Gasteiger partial charge in [0, 0.05) is 11.0 Å². The fraction of sp³-hybridized carbons (Fsp3) is 0.857. The zero-order valence-electron chi connectivity index (χ0n) is 27.0. The van der Waals surface area contributed by atoms with E-state index in [1.165, 1.54) is 0 Å². The number of allylic oxidation sites excluding steroid dienone is 2. The minimum atomic E-state index is -1.25. The first-order valence-corrected chi connectivity index (χ1v) is 16.1. The Balaban J connectivity index is 1.63. The number of hydrogen-bond donors (Lipinski definition) is 4.